The number of amides is 1. The third-order valence-corrected chi connectivity index (χ3v) is 7.08. The Morgan fingerprint density at radius 3 is 2.77 bits per heavy atom. The molecule has 30 heavy (non-hydrogen) atoms. The molecule has 2 fully saturated rings. The third-order valence-electron chi connectivity index (χ3n) is 6.16. The average molecular weight is 428 g/mol. The third kappa shape index (κ3) is 3.95. The zero-order valence-corrected chi connectivity index (χ0v) is 17.2. The summed E-state index contributed by atoms with van der Waals surface area (Å²) in [5.74, 6) is -0.938. The Hall–Kier alpha value is -2.76. The summed E-state index contributed by atoms with van der Waals surface area (Å²) in [7, 11) is 0. The van der Waals surface area contributed by atoms with E-state index in [0.717, 1.165) is 24.2 Å². The van der Waals surface area contributed by atoms with Crippen LogP contribution < -0.4 is 10.6 Å². The minimum atomic E-state index is -1.02. The van der Waals surface area contributed by atoms with Gasteiger partial charge in [-0.05, 0) is 58.9 Å². The number of fused-ring (bicyclic) bond motifs is 2. The molecular weight excluding hydrogens is 405 g/mol. The minimum Gasteiger partial charge on any atom is -0.477 e. The van der Waals surface area contributed by atoms with Crippen LogP contribution in [0, 0.1) is 29.0 Å². The predicted molar refractivity (Wildman–Crippen MR) is 111 cm³/mol. The number of carbonyl (C=O) groups is 2. The highest BCUT2D eigenvalue weighted by atomic mass is 32.1. The molecule has 0 spiro atoms. The van der Waals surface area contributed by atoms with Gasteiger partial charge in [0.05, 0.1) is 12.1 Å². The molecule has 1 aliphatic heterocycles. The number of nitrogens with one attached hydrogen (secondary N) is 2. The molecule has 0 radical (unpaired) electrons. The summed E-state index contributed by atoms with van der Waals surface area (Å²) in [6.07, 6.45) is 2.12. The zero-order chi connectivity index (χ0) is 21.4. The lowest BCUT2D eigenvalue weighted by molar-refractivity contribution is -0.124. The lowest BCUT2D eigenvalue weighted by Gasteiger charge is -2.28. The van der Waals surface area contributed by atoms with Gasteiger partial charge in [0.2, 0.25) is 5.91 Å². The average Bonchev–Trinajstić information content (AvgIpc) is 3.43. The van der Waals surface area contributed by atoms with Crippen LogP contribution in [0.2, 0.25) is 0 Å². The molecule has 5 atom stereocenters. The number of piperidine rings is 1. The number of nitrogens with zero attached hydrogens (tertiary/aromatic N) is 1. The smallest absolute Gasteiger partial charge is 0.345 e. The van der Waals surface area contributed by atoms with E-state index in [2.05, 4.69) is 23.6 Å². The number of rotatable bonds is 6. The number of hydrogen-bond donors (Lipinski definition) is 3. The Balaban J connectivity index is 1.43. The summed E-state index contributed by atoms with van der Waals surface area (Å²) >= 11 is 1.08. The Morgan fingerprint density at radius 1 is 1.37 bits per heavy atom. The van der Waals surface area contributed by atoms with Crippen molar-refractivity contribution in [3.05, 3.63) is 45.9 Å². The number of benzene rings is 1. The molecule has 156 valence electrons. The Labute approximate surface area is 177 Å². The number of aromatic carboxylic acids is 1. The highest BCUT2D eigenvalue weighted by Crippen LogP contribution is 2.40. The molecule has 2 aliphatic rings. The molecule has 8 heteroatoms. The molecule has 1 aromatic carbocycles. The molecule has 1 aliphatic carbocycles. The normalized spacial score (nSPS) is 25.6. The van der Waals surface area contributed by atoms with Crippen LogP contribution in [0.25, 0.3) is 11.1 Å². The maximum absolute atomic E-state index is 14.7. The quantitative estimate of drug-likeness (QED) is 0.657. The molecule has 1 saturated heterocycles. The molecular formula is C22H22FN3O3S. The number of carbonyl (C=O) groups excluding carboxylic acids is 1. The van der Waals surface area contributed by atoms with Crippen molar-refractivity contribution in [3.63, 3.8) is 0 Å². The second-order valence-electron chi connectivity index (χ2n) is 8.16. The largest absolute Gasteiger partial charge is 0.477 e. The van der Waals surface area contributed by atoms with Gasteiger partial charge < -0.3 is 15.7 Å². The van der Waals surface area contributed by atoms with Gasteiger partial charge in [-0.2, -0.15) is 5.26 Å². The van der Waals surface area contributed by atoms with Crippen molar-refractivity contribution < 1.29 is 19.1 Å². The van der Waals surface area contributed by atoms with Crippen molar-refractivity contribution in [2.45, 2.75) is 44.3 Å². The van der Waals surface area contributed by atoms with Crippen molar-refractivity contribution in [1.82, 2.24) is 10.6 Å². The van der Waals surface area contributed by atoms with Crippen LogP contribution in [0.5, 0.6) is 0 Å². The van der Waals surface area contributed by atoms with Crippen LogP contribution in [0.4, 0.5) is 4.39 Å². The van der Waals surface area contributed by atoms with Crippen molar-refractivity contribution in [2.24, 2.45) is 11.8 Å². The molecule has 2 aromatic rings. The van der Waals surface area contributed by atoms with E-state index in [1.807, 2.05) is 0 Å². The van der Waals surface area contributed by atoms with Crippen molar-refractivity contribution in [1.29, 1.82) is 5.26 Å². The summed E-state index contributed by atoms with van der Waals surface area (Å²) in [6, 6.07) is 7.42. The Bertz CT molecular complexity index is 1030. The molecule has 2 heterocycles. The summed E-state index contributed by atoms with van der Waals surface area (Å²) in [6.45, 7) is 2.15. The van der Waals surface area contributed by atoms with Gasteiger partial charge in [0.1, 0.15) is 16.7 Å². The highest BCUT2D eigenvalue weighted by molar-refractivity contribution is 7.12. The molecule has 4 unspecified atom stereocenters. The van der Waals surface area contributed by atoms with Gasteiger partial charge in [0, 0.05) is 12.5 Å². The number of carboxylic acids is 1. The first-order valence-electron chi connectivity index (χ1n) is 9.92. The molecule has 2 bridgehead atoms. The van der Waals surface area contributed by atoms with Gasteiger partial charge in [0.25, 0.3) is 0 Å². The van der Waals surface area contributed by atoms with Gasteiger partial charge >= 0.3 is 5.97 Å². The van der Waals surface area contributed by atoms with Gasteiger partial charge in [-0.3, -0.25) is 4.79 Å². The first-order chi connectivity index (χ1) is 14.4. The number of hydrogen-bond acceptors (Lipinski definition) is 5. The van der Waals surface area contributed by atoms with E-state index < -0.39 is 17.8 Å². The molecule has 1 saturated carbocycles. The van der Waals surface area contributed by atoms with E-state index in [4.69, 9.17) is 5.11 Å². The summed E-state index contributed by atoms with van der Waals surface area (Å²) in [4.78, 5) is 23.9. The summed E-state index contributed by atoms with van der Waals surface area (Å²) in [5, 5.41) is 26.3. The van der Waals surface area contributed by atoms with Crippen LogP contribution in [0.3, 0.4) is 0 Å². The zero-order valence-electron chi connectivity index (χ0n) is 16.4. The van der Waals surface area contributed by atoms with Crippen molar-refractivity contribution in [3.8, 4) is 17.2 Å². The van der Waals surface area contributed by atoms with Gasteiger partial charge in [-0.15, -0.1) is 11.3 Å². The van der Waals surface area contributed by atoms with Gasteiger partial charge in [0.15, 0.2) is 0 Å². The molecule has 4 rings (SSSR count). The predicted octanol–water partition coefficient (Wildman–Crippen LogP) is 3.19. The van der Waals surface area contributed by atoms with Gasteiger partial charge in [-0.1, -0.05) is 19.1 Å². The molecule has 6 nitrogen and oxygen atoms in total. The SMILES string of the molecule is CC1CC2CC1C(C(=O)N[C@H](C#N)Cc1ccc(-c3csc(C(=O)O)c3)cc1F)N2. The van der Waals surface area contributed by atoms with Crippen LogP contribution in [0.1, 0.15) is 35.0 Å². The Morgan fingerprint density at radius 2 is 2.17 bits per heavy atom. The number of nitriles is 1. The maximum Gasteiger partial charge on any atom is 0.345 e. The fourth-order valence-corrected chi connectivity index (χ4v) is 5.39. The van der Waals surface area contributed by atoms with E-state index in [0.29, 0.717) is 28.7 Å². The van der Waals surface area contributed by atoms with E-state index in [-0.39, 0.29) is 29.2 Å². The first-order valence-corrected chi connectivity index (χ1v) is 10.8. The van der Waals surface area contributed by atoms with Crippen molar-refractivity contribution >= 4 is 23.2 Å². The molecule has 1 aromatic heterocycles. The minimum absolute atomic E-state index is 0.0642. The molecule has 3 N–H and O–H groups in total. The number of thiophene rings is 1. The standard InChI is InChI=1S/C22H22FN3O3S/c1-11-4-15-8-17(11)20(25-15)21(27)26-16(9-24)5-13-3-2-12(6-18(13)23)14-7-19(22(28)29)30-10-14/h2-3,6-7,10-11,15-17,20,25H,4-5,8H2,1H3,(H,26,27)(H,28,29)/t11?,15?,16-,17?,20?/m0/s1. The fourth-order valence-electron chi connectivity index (χ4n) is 4.63. The van der Waals surface area contributed by atoms with Crippen LogP contribution in [0.15, 0.2) is 29.6 Å². The van der Waals surface area contributed by atoms with Crippen LogP contribution in [-0.2, 0) is 11.2 Å². The monoisotopic (exact) mass is 427 g/mol. The van der Waals surface area contributed by atoms with Crippen LogP contribution >= 0.6 is 11.3 Å². The number of halogens is 1. The lowest BCUT2D eigenvalue weighted by Crippen LogP contribution is -2.52. The van der Waals surface area contributed by atoms with E-state index >= 15 is 0 Å². The summed E-state index contributed by atoms with van der Waals surface area (Å²) in [5.41, 5.74) is 1.52. The Kier molecular flexibility index (Phi) is 5.58. The fraction of sp³-hybridized carbons (Fsp3) is 0.409. The highest BCUT2D eigenvalue weighted by Gasteiger charge is 2.47. The topological polar surface area (TPSA) is 102 Å². The number of carboxylic acid groups (broad SMARTS) is 1. The first kappa shape index (κ1) is 20.5. The molecule has 1 amide bonds. The van der Waals surface area contributed by atoms with E-state index in [1.165, 1.54) is 12.1 Å². The van der Waals surface area contributed by atoms with Crippen LogP contribution in [-0.4, -0.2) is 35.1 Å². The maximum atomic E-state index is 14.7. The second-order valence-corrected chi connectivity index (χ2v) is 9.07. The lowest BCUT2D eigenvalue weighted by atomic mass is 9.89. The van der Waals surface area contributed by atoms with Gasteiger partial charge in [-0.25, -0.2) is 9.18 Å². The summed E-state index contributed by atoms with van der Waals surface area (Å²) < 4.78 is 14.7. The van der Waals surface area contributed by atoms with Crippen molar-refractivity contribution in [2.75, 3.05) is 0 Å². The second kappa shape index (κ2) is 8.17. The van der Waals surface area contributed by atoms with E-state index in [9.17, 15) is 19.2 Å². The van der Waals surface area contributed by atoms with E-state index in [1.54, 1.807) is 17.5 Å².